The van der Waals surface area contributed by atoms with Crippen LogP contribution in [0.4, 0.5) is 0 Å². The summed E-state index contributed by atoms with van der Waals surface area (Å²) < 4.78 is 0. The van der Waals surface area contributed by atoms with Crippen molar-refractivity contribution in [2.45, 2.75) is 174 Å². The number of hydrogen-bond acceptors (Lipinski definition) is 3. The molecule has 1 aliphatic rings. The number of carbonyl (C=O) groups excluding carboxylic acids is 3. The first-order valence-electron chi connectivity index (χ1n) is 15.9. The van der Waals surface area contributed by atoms with Gasteiger partial charge >= 0.3 is 0 Å². The standard InChI is InChI=1S/C31H59N3O3/c1-3-5-7-9-11-13-18-24-29(35)32-26-20-23-28(31(37)33-27-21-16-15-17-22-27)34-30(36)25-19-14-12-10-8-6-4-2/h27-28H,3-26H2,1-2H3,(H,32,35)(H,33,37)(H,34,36). The summed E-state index contributed by atoms with van der Waals surface area (Å²) in [6, 6.07) is -0.288. The van der Waals surface area contributed by atoms with Crippen LogP contribution in [0, 0.1) is 0 Å². The van der Waals surface area contributed by atoms with Gasteiger partial charge in [0, 0.05) is 25.4 Å². The maximum Gasteiger partial charge on any atom is 0.242 e. The van der Waals surface area contributed by atoms with Gasteiger partial charge in [0.1, 0.15) is 6.04 Å². The molecule has 6 heteroatoms. The minimum absolute atomic E-state index is 0.0275. The van der Waals surface area contributed by atoms with E-state index < -0.39 is 6.04 Å². The predicted molar refractivity (Wildman–Crippen MR) is 154 cm³/mol. The van der Waals surface area contributed by atoms with Crippen LogP contribution in [-0.2, 0) is 14.4 Å². The molecule has 216 valence electrons. The summed E-state index contributed by atoms with van der Waals surface area (Å²) >= 11 is 0. The van der Waals surface area contributed by atoms with Gasteiger partial charge in [0.05, 0.1) is 0 Å². The molecule has 1 aliphatic carbocycles. The highest BCUT2D eigenvalue weighted by molar-refractivity contribution is 5.87. The molecule has 37 heavy (non-hydrogen) atoms. The van der Waals surface area contributed by atoms with E-state index in [4.69, 9.17) is 0 Å². The fourth-order valence-electron chi connectivity index (χ4n) is 5.19. The van der Waals surface area contributed by atoms with Gasteiger partial charge < -0.3 is 16.0 Å². The molecular formula is C31H59N3O3. The van der Waals surface area contributed by atoms with Crippen molar-refractivity contribution in [3.05, 3.63) is 0 Å². The summed E-state index contributed by atoms with van der Waals surface area (Å²) in [4.78, 5) is 37.8. The molecule has 0 radical (unpaired) electrons. The number of amides is 3. The van der Waals surface area contributed by atoms with E-state index in [9.17, 15) is 14.4 Å². The Morgan fingerprint density at radius 1 is 0.649 bits per heavy atom. The van der Waals surface area contributed by atoms with Crippen LogP contribution in [-0.4, -0.2) is 36.3 Å². The first kappa shape index (κ1) is 33.4. The van der Waals surface area contributed by atoms with Crippen LogP contribution in [0.15, 0.2) is 0 Å². The molecular weight excluding hydrogens is 462 g/mol. The second-order valence-corrected chi connectivity index (χ2v) is 11.2. The summed E-state index contributed by atoms with van der Waals surface area (Å²) in [7, 11) is 0. The third kappa shape index (κ3) is 19.2. The molecule has 6 nitrogen and oxygen atoms in total. The van der Waals surface area contributed by atoms with Crippen molar-refractivity contribution < 1.29 is 14.4 Å². The molecule has 0 spiro atoms. The Bertz CT molecular complexity index is 590. The van der Waals surface area contributed by atoms with E-state index in [0.29, 0.717) is 32.2 Å². The molecule has 1 atom stereocenters. The van der Waals surface area contributed by atoms with Crippen LogP contribution >= 0.6 is 0 Å². The van der Waals surface area contributed by atoms with Gasteiger partial charge in [-0.25, -0.2) is 0 Å². The van der Waals surface area contributed by atoms with Gasteiger partial charge in [-0.05, 0) is 38.5 Å². The summed E-state index contributed by atoms with van der Waals surface area (Å²) in [6.45, 7) is 4.99. The molecule has 3 N–H and O–H groups in total. The Balaban J connectivity index is 2.32. The zero-order valence-corrected chi connectivity index (χ0v) is 24.4. The SMILES string of the molecule is CCCCCCCCCC(=O)NCCCC(NC(=O)CCCCCCCCC)C(=O)NC1CCCCC1. The van der Waals surface area contributed by atoms with E-state index in [0.717, 1.165) is 51.4 Å². The van der Waals surface area contributed by atoms with Gasteiger partial charge in [-0.2, -0.15) is 0 Å². The third-order valence-electron chi connectivity index (χ3n) is 7.61. The van der Waals surface area contributed by atoms with Gasteiger partial charge in [-0.1, -0.05) is 110 Å². The van der Waals surface area contributed by atoms with Crippen LogP contribution in [0.1, 0.15) is 162 Å². The van der Waals surface area contributed by atoms with Gasteiger partial charge in [-0.15, -0.1) is 0 Å². The Hall–Kier alpha value is -1.59. The van der Waals surface area contributed by atoms with Crippen LogP contribution in [0.3, 0.4) is 0 Å². The van der Waals surface area contributed by atoms with Crippen molar-refractivity contribution in [1.29, 1.82) is 0 Å². The summed E-state index contributed by atoms with van der Waals surface area (Å²) in [5.41, 5.74) is 0. The van der Waals surface area contributed by atoms with Crippen molar-refractivity contribution in [3.8, 4) is 0 Å². The second kappa shape index (κ2) is 23.5. The highest BCUT2D eigenvalue weighted by Crippen LogP contribution is 2.18. The Kier molecular flexibility index (Phi) is 21.3. The zero-order valence-electron chi connectivity index (χ0n) is 24.4. The van der Waals surface area contributed by atoms with Gasteiger partial charge in [0.2, 0.25) is 17.7 Å². The summed E-state index contributed by atoms with van der Waals surface area (Å²) in [6.07, 6.45) is 24.5. The van der Waals surface area contributed by atoms with Crippen molar-refractivity contribution in [1.82, 2.24) is 16.0 Å². The summed E-state index contributed by atoms with van der Waals surface area (Å²) in [5, 5.41) is 9.19. The predicted octanol–water partition coefficient (Wildman–Crippen LogP) is 7.10. The van der Waals surface area contributed by atoms with Gasteiger partial charge in [0.25, 0.3) is 0 Å². The minimum atomic E-state index is -0.515. The van der Waals surface area contributed by atoms with E-state index in [1.807, 2.05) is 0 Å². The normalized spacial score (nSPS) is 14.8. The molecule has 0 saturated heterocycles. The Labute approximate surface area is 228 Å². The summed E-state index contributed by atoms with van der Waals surface area (Å²) in [5.74, 6) is 0.00859. The second-order valence-electron chi connectivity index (χ2n) is 11.2. The van der Waals surface area contributed by atoms with Crippen LogP contribution in [0.5, 0.6) is 0 Å². The average molecular weight is 522 g/mol. The molecule has 0 heterocycles. The van der Waals surface area contributed by atoms with Crippen molar-refractivity contribution in [2.75, 3.05) is 6.54 Å². The van der Waals surface area contributed by atoms with Crippen molar-refractivity contribution >= 4 is 17.7 Å². The monoisotopic (exact) mass is 521 g/mol. The topological polar surface area (TPSA) is 87.3 Å². The van der Waals surface area contributed by atoms with E-state index >= 15 is 0 Å². The highest BCUT2D eigenvalue weighted by atomic mass is 16.2. The van der Waals surface area contributed by atoms with E-state index in [1.165, 1.54) is 70.6 Å². The average Bonchev–Trinajstić information content (AvgIpc) is 2.90. The van der Waals surface area contributed by atoms with E-state index in [2.05, 4.69) is 29.8 Å². The highest BCUT2D eigenvalue weighted by Gasteiger charge is 2.24. The van der Waals surface area contributed by atoms with E-state index in [-0.39, 0.29) is 23.8 Å². The lowest BCUT2D eigenvalue weighted by atomic mass is 9.95. The van der Waals surface area contributed by atoms with Crippen LogP contribution in [0.25, 0.3) is 0 Å². The molecule has 1 rings (SSSR count). The smallest absolute Gasteiger partial charge is 0.242 e. The Morgan fingerprint density at radius 2 is 1.16 bits per heavy atom. The Morgan fingerprint density at radius 3 is 1.73 bits per heavy atom. The first-order valence-corrected chi connectivity index (χ1v) is 15.9. The van der Waals surface area contributed by atoms with Gasteiger partial charge in [0.15, 0.2) is 0 Å². The lowest BCUT2D eigenvalue weighted by molar-refractivity contribution is -0.129. The van der Waals surface area contributed by atoms with Crippen LogP contribution < -0.4 is 16.0 Å². The minimum Gasteiger partial charge on any atom is -0.356 e. The molecule has 0 aromatic heterocycles. The number of hydrogen-bond donors (Lipinski definition) is 3. The zero-order chi connectivity index (χ0) is 27.0. The van der Waals surface area contributed by atoms with Crippen molar-refractivity contribution in [2.24, 2.45) is 0 Å². The largest absolute Gasteiger partial charge is 0.356 e. The molecule has 0 aromatic rings. The number of nitrogens with one attached hydrogen (secondary N) is 3. The lowest BCUT2D eigenvalue weighted by Crippen LogP contribution is -2.50. The lowest BCUT2D eigenvalue weighted by Gasteiger charge is -2.26. The number of carbonyl (C=O) groups is 3. The molecule has 1 saturated carbocycles. The first-order chi connectivity index (χ1) is 18.1. The number of rotatable bonds is 23. The molecule has 1 unspecified atom stereocenters. The molecule has 0 bridgehead atoms. The van der Waals surface area contributed by atoms with Crippen LogP contribution in [0.2, 0.25) is 0 Å². The molecule has 0 aliphatic heterocycles. The molecule has 0 aromatic carbocycles. The maximum absolute atomic E-state index is 13.0. The fraction of sp³-hybridized carbons (Fsp3) is 0.903. The molecule has 3 amide bonds. The number of unbranched alkanes of at least 4 members (excludes halogenated alkanes) is 12. The molecule has 1 fully saturated rings. The van der Waals surface area contributed by atoms with Crippen molar-refractivity contribution in [3.63, 3.8) is 0 Å². The fourth-order valence-corrected chi connectivity index (χ4v) is 5.19. The van der Waals surface area contributed by atoms with Gasteiger partial charge in [-0.3, -0.25) is 14.4 Å². The quantitative estimate of drug-likeness (QED) is 0.125. The van der Waals surface area contributed by atoms with E-state index in [1.54, 1.807) is 0 Å². The maximum atomic E-state index is 13.0. The third-order valence-corrected chi connectivity index (χ3v) is 7.61.